The van der Waals surface area contributed by atoms with Gasteiger partial charge in [0.25, 0.3) is 0 Å². The lowest BCUT2D eigenvalue weighted by atomic mass is 9.96. The lowest BCUT2D eigenvalue weighted by molar-refractivity contribution is 0.140. The van der Waals surface area contributed by atoms with Crippen LogP contribution in [-0.4, -0.2) is 31.4 Å². The Morgan fingerprint density at radius 1 is 0.885 bits per heavy atom. The van der Waals surface area contributed by atoms with Crippen LogP contribution >= 0.6 is 0 Å². The molecule has 0 saturated carbocycles. The Kier molecular flexibility index (Phi) is 5.12. The van der Waals surface area contributed by atoms with E-state index < -0.39 is 0 Å². The average molecular weight is 346 g/mol. The van der Waals surface area contributed by atoms with Gasteiger partial charge in [-0.25, -0.2) is 9.97 Å². The zero-order valence-electron chi connectivity index (χ0n) is 14.6. The number of anilines is 2. The van der Waals surface area contributed by atoms with E-state index in [4.69, 9.17) is 0 Å². The summed E-state index contributed by atoms with van der Waals surface area (Å²) in [6, 6.07) is 8.79. The number of piperidine rings is 1. The van der Waals surface area contributed by atoms with E-state index in [9.17, 15) is 0 Å². The molecule has 0 aromatic carbocycles. The molecule has 6 heteroatoms. The minimum atomic E-state index is 0.412. The summed E-state index contributed by atoms with van der Waals surface area (Å²) in [5.74, 6) is 1.48. The second-order valence-electron chi connectivity index (χ2n) is 6.53. The summed E-state index contributed by atoms with van der Waals surface area (Å²) >= 11 is 0. The molecule has 1 atom stereocenters. The Hall–Kier alpha value is -2.86. The minimum absolute atomic E-state index is 0.412. The van der Waals surface area contributed by atoms with Crippen LogP contribution in [0.4, 0.5) is 11.6 Å². The van der Waals surface area contributed by atoms with E-state index in [1.807, 2.05) is 24.7 Å². The topological polar surface area (TPSA) is 66.8 Å². The van der Waals surface area contributed by atoms with Crippen molar-refractivity contribution in [3.63, 3.8) is 0 Å². The largest absolute Gasteiger partial charge is 0.324 e. The van der Waals surface area contributed by atoms with Crippen molar-refractivity contribution in [2.45, 2.75) is 31.8 Å². The summed E-state index contributed by atoms with van der Waals surface area (Å²) in [4.78, 5) is 19.5. The highest BCUT2D eigenvalue weighted by Gasteiger charge is 2.24. The van der Waals surface area contributed by atoms with E-state index in [1.54, 1.807) is 18.6 Å². The molecule has 4 heterocycles. The molecule has 0 amide bonds. The highest BCUT2D eigenvalue weighted by Crippen LogP contribution is 2.32. The number of nitrogens with zero attached hydrogens (tertiary/aromatic N) is 5. The Balaban J connectivity index is 1.47. The average Bonchev–Trinajstić information content (AvgIpc) is 2.71. The molecule has 1 fully saturated rings. The highest BCUT2D eigenvalue weighted by atomic mass is 15.2. The molecular weight excluding hydrogens is 324 g/mol. The van der Waals surface area contributed by atoms with E-state index in [1.165, 1.54) is 30.4 Å². The van der Waals surface area contributed by atoms with Crippen molar-refractivity contribution in [3.8, 4) is 0 Å². The fourth-order valence-corrected chi connectivity index (χ4v) is 3.45. The SMILES string of the molecule is c1cc(CN2CCCC[C@@H]2c2ccc(Nc3cnccn3)nc2)ccn1. The summed E-state index contributed by atoms with van der Waals surface area (Å²) in [6.45, 7) is 2.07. The first-order chi connectivity index (χ1) is 12.9. The first kappa shape index (κ1) is 16.6. The van der Waals surface area contributed by atoms with Gasteiger partial charge in [-0.2, -0.15) is 0 Å². The number of rotatable bonds is 5. The molecule has 1 saturated heterocycles. The van der Waals surface area contributed by atoms with Gasteiger partial charge in [0.2, 0.25) is 0 Å². The summed E-state index contributed by atoms with van der Waals surface area (Å²) in [6.07, 6.45) is 14.4. The molecule has 1 aliphatic heterocycles. The van der Waals surface area contributed by atoms with Crippen LogP contribution in [-0.2, 0) is 6.54 Å². The van der Waals surface area contributed by atoms with Gasteiger partial charge < -0.3 is 5.32 Å². The molecule has 4 rings (SSSR count). The molecule has 0 spiro atoms. The van der Waals surface area contributed by atoms with Gasteiger partial charge in [0.15, 0.2) is 0 Å². The van der Waals surface area contributed by atoms with Crippen molar-refractivity contribution in [1.82, 2.24) is 24.8 Å². The smallest absolute Gasteiger partial charge is 0.150 e. The van der Waals surface area contributed by atoms with Crippen LogP contribution in [0.1, 0.15) is 36.4 Å². The van der Waals surface area contributed by atoms with Crippen LogP contribution < -0.4 is 5.32 Å². The minimum Gasteiger partial charge on any atom is -0.324 e. The molecule has 0 radical (unpaired) electrons. The zero-order chi connectivity index (χ0) is 17.6. The lowest BCUT2D eigenvalue weighted by Gasteiger charge is -2.36. The van der Waals surface area contributed by atoms with Gasteiger partial charge in [-0.15, -0.1) is 0 Å². The van der Waals surface area contributed by atoms with E-state index in [0.29, 0.717) is 11.9 Å². The van der Waals surface area contributed by atoms with Crippen LogP contribution in [0.25, 0.3) is 0 Å². The van der Waals surface area contributed by atoms with E-state index >= 15 is 0 Å². The molecule has 6 nitrogen and oxygen atoms in total. The highest BCUT2D eigenvalue weighted by molar-refractivity contribution is 5.50. The fraction of sp³-hybridized carbons (Fsp3) is 0.300. The van der Waals surface area contributed by atoms with Gasteiger partial charge in [0.05, 0.1) is 6.20 Å². The monoisotopic (exact) mass is 346 g/mol. The third-order valence-corrected chi connectivity index (χ3v) is 4.74. The number of likely N-dealkylation sites (tertiary alicyclic amines) is 1. The molecular formula is C20H22N6. The predicted octanol–water partition coefficient (Wildman–Crippen LogP) is 3.74. The molecule has 0 unspecified atom stereocenters. The summed E-state index contributed by atoms with van der Waals surface area (Å²) in [5, 5.41) is 3.18. The van der Waals surface area contributed by atoms with E-state index in [0.717, 1.165) is 18.9 Å². The van der Waals surface area contributed by atoms with Gasteiger partial charge in [-0.05, 0) is 48.7 Å². The summed E-state index contributed by atoms with van der Waals surface area (Å²) < 4.78 is 0. The van der Waals surface area contributed by atoms with E-state index in [2.05, 4.69) is 48.4 Å². The number of aromatic nitrogens is 4. The number of pyridine rings is 2. The maximum atomic E-state index is 4.58. The number of nitrogens with one attached hydrogen (secondary N) is 1. The zero-order valence-corrected chi connectivity index (χ0v) is 14.6. The first-order valence-electron chi connectivity index (χ1n) is 9.00. The van der Waals surface area contributed by atoms with Crippen LogP contribution in [0.5, 0.6) is 0 Å². The Morgan fingerprint density at radius 2 is 1.81 bits per heavy atom. The van der Waals surface area contributed by atoms with Crippen molar-refractivity contribution < 1.29 is 0 Å². The standard InChI is InChI=1S/C20H22N6/c1-2-12-26(15-16-6-8-21-9-7-16)18(3-1)17-4-5-19(24-13-17)25-20-14-22-10-11-23-20/h4-11,13-14,18H,1-3,12,15H2,(H,23,24,25)/t18-/m1/s1. The van der Waals surface area contributed by atoms with Gasteiger partial charge in [-0.3, -0.25) is 14.9 Å². The number of hydrogen-bond acceptors (Lipinski definition) is 6. The maximum absolute atomic E-state index is 4.58. The Morgan fingerprint density at radius 3 is 2.58 bits per heavy atom. The molecule has 26 heavy (non-hydrogen) atoms. The Labute approximate surface area is 153 Å². The van der Waals surface area contributed by atoms with E-state index in [-0.39, 0.29) is 0 Å². The maximum Gasteiger partial charge on any atom is 0.150 e. The van der Waals surface area contributed by atoms with Gasteiger partial charge in [0, 0.05) is 43.6 Å². The second-order valence-corrected chi connectivity index (χ2v) is 6.53. The molecule has 1 N–H and O–H groups in total. The van der Waals surface area contributed by atoms with Crippen LogP contribution in [0, 0.1) is 0 Å². The molecule has 3 aromatic rings. The van der Waals surface area contributed by atoms with Crippen molar-refractivity contribution in [2.75, 3.05) is 11.9 Å². The molecule has 132 valence electrons. The van der Waals surface area contributed by atoms with Crippen molar-refractivity contribution in [2.24, 2.45) is 0 Å². The fourth-order valence-electron chi connectivity index (χ4n) is 3.45. The normalized spacial score (nSPS) is 17.8. The molecule has 0 aliphatic carbocycles. The van der Waals surface area contributed by atoms with Crippen LogP contribution in [0.3, 0.4) is 0 Å². The summed E-state index contributed by atoms with van der Waals surface area (Å²) in [7, 11) is 0. The van der Waals surface area contributed by atoms with Gasteiger partial charge in [0.1, 0.15) is 11.6 Å². The molecule has 3 aromatic heterocycles. The Bertz CT molecular complexity index is 807. The van der Waals surface area contributed by atoms with Crippen molar-refractivity contribution >= 4 is 11.6 Å². The molecule has 0 bridgehead atoms. The molecule has 1 aliphatic rings. The van der Waals surface area contributed by atoms with Crippen LogP contribution in [0.15, 0.2) is 61.4 Å². The third kappa shape index (κ3) is 4.03. The summed E-state index contributed by atoms with van der Waals surface area (Å²) in [5.41, 5.74) is 2.57. The van der Waals surface area contributed by atoms with Crippen molar-refractivity contribution in [1.29, 1.82) is 0 Å². The predicted molar refractivity (Wildman–Crippen MR) is 101 cm³/mol. The van der Waals surface area contributed by atoms with Crippen molar-refractivity contribution in [3.05, 3.63) is 72.6 Å². The first-order valence-corrected chi connectivity index (χ1v) is 9.00. The van der Waals surface area contributed by atoms with Gasteiger partial charge >= 0.3 is 0 Å². The van der Waals surface area contributed by atoms with Crippen LogP contribution in [0.2, 0.25) is 0 Å². The van der Waals surface area contributed by atoms with Gasteiger partial charge in [-0.1, -0.05) is 12.5 Å². The quantitative estimate of drug-likeness (QED) is 0.759. The lowest BCUT2D eigenvalue weighted by Crippen LogP contribution is -2.33. The number of hydrogen-bond donors (Lipinski definition) is 1. The second kappa shape index (κ2) is 8.01. The third-order valence-electron chi connectivity index (χ3n) is 4.74.